The predicted octanol–water partition coefficient (Wildman–Crippen LogP) is 4.34. The number of alkyl halides is 5. The maximum atomic E-state index is 12.5. The smallest absolute Gasteiger partial charge is 0.250 e. The summed E-state index contributed by atoms with van der Waals surface area (Å²) in [7, 11) is 0. The Balaban J connectivity index is 3.96. The molecule has 0 aromatic heterocycles. The minimum absolute atomic E-state index is 0.214. The molecular formula is C11H20F5N. The topological polar surface area (TPSA) is 12.0 Å². The number of rotatable bonds is 8. The van der Waals surface area contributed by atoms with Crippen molar-refractivity contribution in [1.29, 1.82) is 0 Å². The highest BCUT2D eigenvalue weighted by Crippen LogP contribution is 2.32. The van der Waals surface area contributed by atoms with Gasteiger partial charge in [-0.05, 0) is 12.3 Å². The van der Waals surface area contributed by atoms with Gasteiger partial charge in [-0.2, -0.15) is 22.0 Å². The zero-order valence-electron chi connectivity index (χ0n) is 10.2. The summed E-state index contributed by atoms with van der Waals surface area (Å²) in [6.45, 7) is 3.62. The third kappa shape index (κ3) is 6.19. The molecule has 0 aliphatic heterocycles. The molecule has 1 atom stereocenters. The molecule has 0 aromatic carbocycles. The zero-order chi connectivity index (χ0) is 13.5. The fourth-order valence-corrected chi connectivity index (χ4v) is 1.58. The molecule has 1 unspecified atom stereocenters. The molecule has 0 spiro atoms. The predicted molar refractivity (Wildman–Crippen MR) is 56.9 cm³/mol. The first-order chi connectivity index (χ1) is 7.74. The van der Waals surface area contributed by atoms with Gasteiger partial charge in [-0.1, -0.05) is 39.5 Å². The fraction of sp³-hybridized carbons (Fsp3) is 1.00. The van der Waals surface area contributed by atoms with Gasteiger partial charge in [0.05, 0.1) is 0 Å². The third-order valence-electron chi connectivity index (χ3n) is 2.80. The first-order valence-corrected chi connectivity index (χ1v) is 5.94. The summed E-state index contributed by atoms with van der Waals surface area (Å²) in [6, 6.07) is -4.78. The quantitative estimate of drug-likeness (QED) is 0.506. The lowest BCUT2D eigenvalue weighted by Gasteiger charge is -2.22. The second kappa shape index (κ2) is 7.13. The molecule has 0 saturated carbocycles. The summed E-state index contributed by atoms with van der Waals surface area (Å²) in [5, 5.41) is 1.28. The van der Waals surface area contributed by atoms with Crippen molar-refractivity contribution in [3.8, 4) is 0 Å². The Bertz CT molecular complexity index is 203. The molecule has 0 heterocycles. The Morgan fingerprint density at radius 1 is 1.00 bits per heavy atom. The highest BCUT2D eigenvalue weighted by molar-refractivity contribution is 4.73. The van der Waals surface area contributed by atoms with E-state index in [0.717, 1.165) is 25.7 Å². The molecule has 1 nitrogen and oxygen atoms in total. The van der Waals surface area contributed by atoms with Crippen LogP contribution in [-0.4, -0.2) is 18.8 Å². The van der Waals surface area contributed by atoms with Crippen molar-refractivity contribution in [1.82, 2.24) is 5.32 Å². The molecule has 104 valence electrons. The van der Waals surface area contributed by atoms with Crippen LogP contribution in [0, 0.1) is 5.92 Å². The average Bonchev–Trinajstić information content (AvgIpc) is 2.21. The Hall–Kier alpha value is -0.390. The summed E-state index contributed by atoms with van der Waals surface area (Å²) in [6.07, 6.45) is -1.50. The Kier molecular flexibility index (Phi) is 6.97. The van der Waals surface area contributed by atoms with Gasteiger partial charge in [0.15, 0.2) is 0 Å². The van der Waals surface area contributed by atoms with E-state index in [1.54, 1.807) is 0 Å². The van der Waals surface area contributed by atoms with Crippen LogP contribution in [0.5, 0.6) is 0 Å². The molecule has 0 bridgehead atoms. The molecule has 0 radical (unpaired) electrons. The molecule has 0 saturated heterocycles. The van der Waals surface area contributed by atoms with Gasteiger partial charge in [-0.3, -0.25) is 5.32 Å². The van der Waals surface area contributed by atoms with Crippen molar-refractivity contribution in [2.24, 2.45) is 5.92 Å². The maximum Gasteiger partial charge on any atom is 0.469 e. The van der Waals surface area contributed by atoms with Crippen LogP contribution >= 0.6 is 0 Å². The Morgan fingerprint density at radius 2 is 1.59 bits per heavy atom. The van der Waals surface area contributed by atoms with Crippen molar-refractivity contribution in [3.05, 3.63) is 0 Å². The summed E-state index contributed by atoms with van der Waals surface area (Å²) in [5.41, 5.74) is 0. The molecule has 0 rings (SSSR count). The van der Waals surface area contributed by atoms with Crippen molar-refractivity contribution in [2.45, 2.75) is 58.2 Å². The summed E-state index contributed by atoms with van der Waals surface area (Å²) < 4.78 is 60.5. The van der Waals surface area contributed by atoms with Crippen molar-refractivity contribution in [2.75, 3.05) is 6.54 Å². The molecule has 17 heavy (non-hydrogen) atoms. The molecule has 0 fully saturated rings. The lowest BCUT2D eigenvalue weighted by molar-refractivity contribution is -0.295. The molecule has 0 aromatic rings. The van der Waals surface area contributed by atoms with Gasteiger partial charge in [-0.15, -0.1) is 0 Å². The third-order valence-corrected chi connectivity index (χ3v) is 2.80. The van der Waals surface area contributed by atoms with E-state index in [0.29, 0.717) is 6.42 Å². The van der Waals surface area contributed by atoms with Gasteiger partial charge in [0, 0.05) is 6.54 Å². The van der Waals surface area contributed by atoms with Gasteiger partial charge in [0.25, 0.3) is 0 Å². The SMILES string of the molecule is CCCCC(CC)CCNC(F)(F)C(F)(F)F. The van der Waals surface area contributed by atoms with Gasteiger partial charge in [0.2, 0.25) is 0 Å². The summed E-state index contributed by atoms with van der Waals surface area (Å²) in [4.78, 5) is 0. The fourth-order valence-electron chi connectivity index (χ4n) is 1.58. The van der Waals surface area contributed by atoms with Gasteiger partial charge in [-0.25, -0.2) is 0 Å². The standard InChI is InChI=1S/C11H20F5N/c1-3-5-6-9(4-2)7-8-17-11(15,16)10(12,13)14/h9,17H,3-8H2,1-2H3. The van der Waals surface area contributed by atoms with E-state index in [1.807, 2.05) is 13.8 Å². The van der Waals surface area contributed by atoms with Gasteiger partial charge >= 0.3 is 12.2 Å². The number of halogens is 5. The second-order valence-corrected chi connectivity index (χ2v) is 4.20. The van der Waals surface area contributed by atoms with Crippen LogP contribution in [0.15, 0.2) is 0 Å². The average molecular weight is 261 g/mol. The van der Waals surface area contributed by atoms with Gasteiger partial charge < -0.3 is 0 Å². The van der Waals surface area contributed by atoms with Crippen LogP contribution in [0.25, 0.3) is 0 Å². The van der Waals surface area contributed by atoms with Crippen molar-refractivity contribution >= 4 is 0 Å². The van der Waals surface area contributed by atoms with E-state index in [9.17, 15) is 22.0 Å². The molecule has 1 N–H and O–H groups in total. The van der Waals surface area contributed by atoms with Gasteiger partial charge in [0.1, 0.15) is 0 Å². The largest absolute Gasteiger partial charge is 0.469 e. The van der Waals surface area contributed by atoms with Crippen LogP contribution in [0.1, 0.15) is 46.0 Å². The van der Waals surface area contributed by atoms with Crippen molar-refractivity contribution < 1.29 is 22.0 Å². The van der Waals surface area contributed by atoms with Crippen LogP contribution in [0.3, 0.4) is 0 Å². The second-order valence-electron chi connectivity index (χ2n) is 4.20. The summed E-state index contributed by atoms with van der Waals surface area (Å²) in [5.74, 6) is 0.214. The minimum Gasteiger partial charge on any atom is -0.250 e. The van der Waals surface area contributed by atoms with Crippen LogP contribution in [-0.2, 0) is 0 Å². The number of nitrogens with one attached hydrogen (secondary N) is 1. The van der Waals surface area contributed by atoms with E-state index >= 15 is 0 Å². The monoisotopic (exact) mass is 261 g/mol. The number of hydrogen-bond acceptors (Lipinski definition) is 1. The number of hydrogen-bond donors (Lipinski definition) is 1. The van der Waals surface area contributed by atoms with Crippen LogP contribution in [0.2, 0.25) is 0 Å². The molecular weight excluding hydrogens is 241 g/mol. The van der Waals surface area contributed by atoms with E-state index in [4.69, 9.17) is 0 Å². The minimum atomic E-state index is -5.52. The highest BCUT2D eigenvalue weighted by atomic mass is 19.4. The molecule has 6 heteroatoms. The van der Waals surface area contributed by atoms with Crippen LogP contribution in [0.4, 0.5) is 22.0 Å². The van der Waals surface area contributed by atoms with E-state index in [2.05, 4.69) is 0 Å². The highest BCUT2D eigenvalue weighted by Gasteiger charge is 2.57. The lowest BCUT2D eigenvalue weighted by Crippen LogP contribution is -2.49. The Morgan fingerprint density at radius 3 is 2.00 bits per heavy atom. The summed E-state index contributed by atoms with van der Waals surface area (Å²) >= 11 is 0. The van der Waals surface area contributed by atoms with E-state index in [1.165, 1.54) is 5.32 Å². The zero-order valence-corrected chi connectivity index (χ0v) is 10.2. The van der Waals surface area contributed by atoms with Crippen molar-refractivity contribution in [3.63, 3.8) is 0 Å². The maximum absolute atomic E-state index is 12.5. The van der Waals surface area contributed by atoms with Crippen LogP contribution < -0.4 is 5.32 Å². The lowest BCUT2D eigenvalue weighted by atomic mass is 9.96. The molecule has 0 amide bonds. The van der Waals surface area contributed by atoms with E-state index < -0.39 is 12.2 Å². The normalized spacial score (nSPS) is 15.0. The number of unbranched alkanes of at least 4 members (excludes halogenated alkanes) is 1. The first-order valence-electron chi connectivity index (χ1n) is 5.94. The Labute approximate surface area is 98.8 Å². The van der Waals surface area contributed by atoms with E-state index in [-0.39, 0.29) is 12.5 Å². The molecule has 0 aliphatic rings. The molecule has 0 aliphatic carbocycles. The first kappa shape index (κ1) is 16.6.